The van der Waals surface area contributed by atoms with E-state index in [0.29, 0.717) is 24.8 Å². The minimum Gasteiger partial charge on any atom is -0.359 e. The first-order chi connectivity index (χ1) is 13.5. The van der Waals surface area contributed by atoms with E-state index in [1.54, 1.807) is 11.8 Å². The number of nitrogens with zero attached hydrogens (tertiary/aromatic N) is 2. The van der Waals surface area contributed by atoms with E-state index in [-0.39, 0.29) is 24.3 Å². The monoisotopic (exact) mass is 383 g/mol. The summed E-state index contributed by atoms with van der Waals surface area (Å²) >= 11 is 0. The highest BCUT2D eigenvalue weighted by molar-refractivity contribution is 5.79. The second-order valence-electron chi connectivity index (χ2n) is 7.39. The zero-order valence-electron chi connectivity index (χ0n) is 16.9. The van der Waals surface area contributed by atoms with Crippen molar-refractivity contribution >= 4 is 11.8 Å². The van der Waals surface area contributed by atoms with Gasteiger partial charge in [-0.3, -0.25) is 9.59 Å². The summed E-state index contributed by atoms with van der Waals surface area (Å²) in [5, 5.41) is 7.05. The van der Waals surface area contributed by atoms with E-state index in [1.165, 1.54) is 5.56 Å². The zero-order chi connectivity index (χ0) is 20.1. The molecule has 1 aromatic heterocycles. The standard InChI is InChI=1S/C22H29N3O3/c1-4-16(5-2)20-12-18(28-24-20)14-23-22(27)13-21-19-9-7-6-8-17(19)10-11-25(21)15(3)26/h6-9,12,16,21H,4-5,10-11,13-14H2,1-3H3,(H,23,27). The van der Waals surface area contributed by atoms with Crippen LogP contribution in [0.15, 0.2) is 34.9 Å². The molecule has 1 aromatic carbocycles. The molecule has 0 spiro atoms. The number of nitrogens with one attached hydrogen (secondary N) is 1. The normalized spacial score (nSPS) is 16.1. The molecule has 0 saturated carbocycles. The second kappa shape index (κ2) is 9.04. The Hall–Kier alpha value is -2.63. The highest BCUT2D eigenvalue weighted by Crippen LogP contribution is 2.32. The maximum Gasteiger partial charge on any atom is 0.222 e. The first-order valence-electron chi connectivity index (χ1n) is 10.1. The molecular weight excluding hydrogens is 354 g/mol. The minimum atomic E-state index is -0.225. The topological polar surface area (TPSA) is 75.4 Å². The molecule has 150 valence electrons. The molecule has 1 aliphatic heterocycles. The van der Waals surface area contributed by atoms with Crippen molar-refractivity contribution in [2.75, 3.05) is 6.54 Å². The molecule has 0 aliphatic carbocycles. The number of carbonyl (C=O) groups is 2. The maximum absolute atomic E-state index is 12.6. The summed E-state index contributed by atoms with van der Waals surface area (Å²) in [5.41, 5.74) is 3.22. The van der Waals surface area contributed by atoms with Gasteiger partial charge in [0.05, 0.1) is 24.7 Å². The lowest BCUT2D eigenvalue weighted by molar-refractivity contribution is -0.133. The number of hydrogen-bond donors (Lipinski definition) is 1. The van der Waals surface area contributed by atoms with Crippen molar-refractivity contribution in [2.45, 2.75) is 65.0 Å². The average molecular weight is 383 g/mol. The van der Waals surface area contributed by atoms with Crippen LogP contribution in [0.3, 0.4) is 0 Å². The predicted octanol–water partition coefficient (Wildman–Crippen LogP) is 3.73. The van der Waals surface area contributed by atoms with Crippen LogP contribution >= 0.6 is 0 Å². The van der Waals surface area contributed by atoms with Crippen LogP contribution in [0.2, 0.25) is 0 Å². The van der Waals surface area contributed by atoms with Crippen LogP contribution in [-0.2, 0) is 22.6 Å². The largest absolute Gasteiger partial charge is 0.359 e. The lowest BCUT2D eigenvalue weighted by atomic mass is 9.90. The second-order valence-corrected chi connectivity index (χ2v) is 7.39. The summed E-state index contributed by atoms with van der Waals surface area (Å²) in [6.45, 7) is 6.78. The molecule has 2 heterocycles. The van der Waals surface area contributed by atoms with Crippen molar-refractivity contribution in [1.29, 1.82) is 0 Å². The number of fused-ring (bicyclic) bond motifs is 1. The Kier molecular flexibility index (Phi) is 6.49. The Morgan fingerprint density at radius 3 is 2.75 bits per heavy atom. The van der Waals surface area contributed by atoms with E-state index in [4.69, 9.17) is 4.52 Å². The first kappa shape index (κ1) is 20.1. The highest BCUT2D eigenvalue weighted by Gasteiger charge is 2.30. The third kappa shape index (κ3) is 4.43. The van der Waals surface area contributed by atoms with Crippen molar-refractivity contribution in [3.05, 3.63) is 52.9 Å². The smallest absolute Gasteiger partial charge is 0.222 e. The van der Waals surface area contributed by atoms with Crippen molar-refractivity contribution in [3.63, 3.8) is 0 Å². The van der Waals surface area contributed by atoms with Crippen molar-refractivity contribution in [2.24, 2.45) is 0 Å². The van der Waals surface area contributed by atoms with Gasteiger partial charge in [-0.25, -0.2) is 0 Å². The molecule has 2 amide bonds. The molecule has 1 unspecified atom stereocenters. The maximum atomic E-state index is 12.6. The van der Waals surface area contributed by atoms with Gasteiger partial charge in [-0.15, -0.1) is 0 Å². The molecule has 2 aromatic rings. The summed E-state index contributed by atoms with van der Waals surface area (Å²) in [6, 6.07) is 9.75. The molecule has 6 nitrogen and oxygen atoms in total. The third-order valence-corrected chi connectivity index (χ3v) is 5.64. The highest BCUT2D eigenvalue weighted by atomic mass is 16.5. The van der Waals surface area contributed by atoms with Crippen LogP contribution in [0.4, 0.5) is 0 Å². The SMILES string of the molecule is CCC(CC)c1cc(CNC(=O)CC2c3ccccc3CCN2C(C)=O)on1. The van der Waals surface area contributed by atoms with Crippen LogP contribution in [-0.4, -0.2) is 28.4 Å². The Bertz CT molecular complexity index is 826. The van der Waals surface area contributed by atoms with Gasteiger partial charge >= 0.3 is 0 Å². The van der Waals surface area contributed by atoms with Gasteiger partial charge in [-0.1, -0.05) is 43.3 Å². The predicted molar refractivity (Wildman–Crippen MR) is 107 cm³/mol. The van der Waals surface area contributed by atoms with Gasteiger partial charge < -0.3 is 14.7 Å². The number of benzene rings is 1. The quantitative estimate of drug-likeness (QED) is 0.790. The summed E-state index contributed by atoms with van der Waals surface area (Å²) in [5.74, 6) is 0.935. The van der Waals surface area contributed by atoms with Gasteiger partial charge in [0.2, 0.25) is 11.8 Å². The van der Waals surface area contributed by atoms with Crippen LogP contribution in [0.5, 0.6) is 0 Å². The Labute approximate surface area is 166 Å². The van der Waals surface area contributed by atoms with Gasteiger partial charge in [0, 0.05) is 25.5 Å². The fraction of sp³-hybridized carbons (Fsp3) is 0.500. The fourth-order valence-corrected chi connectivity index (χ4v) is 3.99. The van der Waals surface area contributed by atoms with Gasteiger partial charge in [-0.05, 0) is 30.4 Å². The minimum absolute atomic E-state index is 0.00245. The van der Waals surface area contributed by atoms with Gasteiger partial charge in [0.1, 0.15) is 0 Å². The number of hydrogen-bond acceptors (Lipinski definition) is 4. The lowest BCUT2D eigenvalue weighted by Crippen LogP contribution is -2.41. The van der Waals surface area contributed by atoms with Crippen molar-refractivity contribution < 1.29 is 14.1 Å². The van der Waals surface area contributed by atoms with Crippen LogP contribution in [0.1, 0.15) is 74.6 Å². The van der Waals surface area contributed by atoms with Gasteiger partial charge in [-0.2, -0.15) is 0 Å². The molecule has 0 bridgehead atoms. The number of rotatable bonds is 7. The molecule has 28 heavy (non-hydrogen) atoms. The Balaban J connectivity index is 1.64. The van der Waals surface area contributed by atoms with Crippen molar-refractivity contribution in [1.82, 2.24) is 15.4 Å². The summed E-state index contributed by atoms with van der Waals surface area (Å²) in [6.07, 6.45) is 3.09. The van der Waals surface area contributed by atoms with E-state index >= 15 is 0 Å². The Morgan fingerprint density at radius 1 is 1.29 bits per heavy atom. The molecule has 3 rings (SSSR count). The van der Waals surface area contributed by atoms with Gasteiger partial charge in [0.15, 0.2) is 5.76 Å². The number of amides is 2. The summed E-state index contributed by atoms with van der Waals surface area (Å²) in [4.78, 5) is 26.5. The van der Waals surface area contributed by atoms with Crippen LogP contribution in [0, 0.1) is 0 Å². The molecule has 1 atom stereocenters. The van der Waals surface area contributed by atoms with E-state index in [9.17, 15) is 9.59 Å². The molecule has 0 radical (unpaired) electrons. The Morgan fingerprint density at radius 2 is 2.04 bits per heavy atom. The molecule has 6 heteroatoms. The summed E-state index contributed by atoms with van der Waals surface area (Å²) in [7, 11) is 0. The average Bonchev–Trinajstić information content (AvgIpc) is 3.16. The number of aromatic nitrogens is 1. The first-order valence-corrected chi connectivity index (χ1v) is 10.1. The van der Waals surface area contributed by atoms with E-state index < -0.39 is 0 Å². The van der Waals surface area contributed by atoms with Crippen LogP contribution < -0.4 is 5.32 Å². The molecule has 1 aliphatic rings. The lowest BCUT2D eigenvalue weighted by Gasteiger charge is -2.36. The van der Waals surface area contributed by atoms with E-state index in [2.05, 4.69) is 30.4 Å². The zero-order valence-corrected chi connectivity index (χ0v) is 16.9. The fourth-order valence-electron chi connectivity index (χ4n) is 3.99. The van der Waals surface area contributed by atoms with E-state index in [0.717, 1.165) is 30.5 Å². The number of carbonyl (C=O) groups excluding carboxylic acids is 2. The third-order valence-electron chi connectivity index (χ3n) is 5.64. The van der Waals surface area contributed by atoms with Gasteiger partial charge in [0.25, 0.3) is 0 Å². The molecule has 1 N–H and O–H groups in total. The van der Waals surface area contributed by atoms with Crippen molar-refractivity contribution in [3.8, 4) is 0 Å². The van der Waals surface area contributed by atoms with E-state index in [1.807, 2.05) is 24.3 Å². The molecular formula is C22H29N3O3. The molecule has 0 fully saturated rings. The van der Waals surface area contributed by atoms with Crippen LogP contribution in [0.25, 0.3) is 0 Å². The molecule has 0 saturated heterocycles. The summed E-state index contributed by atoms with van der Waals surface area (Å²) < 4.78 is 5.38.